The monoisotopic (exact) mass is 407 g/mol. The summed E-state index contributed by atoms with van der Waals surface area (Å²) in [7, 11) is 0. The Morgan fingerprint density at radius 2 is 1.80 bits per heavy atom. The van der Waals surface area contributed by atoms with Crippen molar-refractivity contribution in [2.45, 2.75) is 34.1 Å². The SMILES string of the molecule is CCCNC(=O)N1CCN(c2nc(C)nc3c2c(C)nn3-c2ccccc2C)CC1. The van der Waals surface area contributed by atoms with E-state index in [0.29, 0.717) is 19.6 Å². The van der Waals surface area contributed by atoms with E-state index in [2.05, 4.69) is 36.2 Å². The number of urea groups is 1. The van der Waals surface area contributed by atoms with Gasteiger partial charge >= 0.3 is 6.03 Å². The first-order valence-electron chi connectivity index (χ1n) is 10.6. The van der Waals surface area contributed by atoms with E-state index in [-0.39, 0.29) is 6.03 Å². The van der Waals surface area contributed by atoms with E-state index in [4.69, 9.17) is 15.1 Å². The van der Waals surface area contributed by atoms with Gasteiger partial charge in [0.05, 0.1) is 16.8 Å². The van der Waals surface area contributed by atoms with Gasteiger partial charge in [0, 0.05) is 32.7 Å². The summed E-state index contributed by atoms with van der Waals surface area (Å²) >= 11 is 0. The van der Waals surface area contributed by atoms with Crippen molar-refractivity contribution in [3.8, 4) is 5.69 Å². The lowest BCUT2D eigenvalue weighted by Crippen LogP contribution is -2.52. The zero-order valence-electron chi connectivity index (χ0n) is 18.1. The zero-order chi connectivity index (χ0) is 21.3. The van der Waals surface area contributed by atoms with Crippen molar-refractivity contribution in [3.63, 3.8) is 0 Å². The van der Waals surface area contributed by atoms with Gasteiger partial charge in [0.1, 0.15) is 11.6 Å². The number of fused-ring (bicyclic) bond motifs is 1. The van der Waals surface area contributed by atoms with Crippen LogP contribution in [0.15, 0.2) is 24.3 Å². The third kappa shape index (κ3) is 3.69. The molecule has 0 unspecified atom stereocenters. The molecule has 30 heavy (non-hydrogen) atoms. The van der Waals surface area contributed by atoms with Gasteiger partial charge in [-0.25, -0.2) is 19.4 Å². The molecular formula is C22H29N7O. The summed E-state index contributed by atoms with van der Waals surface area (Å²) in [5.74, 6) is 1.62. The minimum Gasteiger partial charge on any atom is -0.352 e. The number of para-hydroxylation sites is 1. The van der Waals surface area contributed by atoms with E-state index < -0.39 is 0 Å². The first kappa shape index (κ1) is 20.1. The van der Waals surface area contributed by atoms with Crippen LogP contribution in [0, 0.1) is 20.8 Å². The number of carbonyl (C=O) groups excluding carboxylic acids is 1. The molecule has 8 nitrogen and oxygen atoms in total. The standard InChI is InChI=1S/C22H29N7O/c1-5-10-23-22(30)28-13-11-27(12-14-28)20-19-16(3)26-29(21(19)25-17(4)24-20)18-9-7-6-8-15(18)2/h6-9H,5,10-14H2,1-4H3,(H,23,30). The third-order valence-electron chi connectivity index (χ3n) is 5.53. The van der Waals surface area contributed by atoms with Gasteiger partial charge in [0.2, 0.25) is 0 Å². The number of aryl methyl sites for hydroxylation is 3. The molecule has 1 aliphatic heterocycles. The molecular weight excluding hydrogens is 378 g/mol. The number of piperazine rings is 1. The molecule has 0 aliphatic carbocycles. The van der Waals surface area contributed by atoms with E-state index >= 15 is 0 Å². The van der Waals surface area contributed by atoms with Crippen molar-refractivity contribution < 1.29 is 4.79 Å². The van der Waals surface area contributed by atoms with Crippen LogP contribution in [0.4, 0.5) is 10.6 Å². The van der Waals surface area contributed by atoms with Gasteiger partial charge in [-0.1, -0.05) is 25.1 Å². The molecule has 4 rings (SSSR count). The van der Waals surface area contributed by atoms with Crippen molar-refractivity contribution in [1.82, 2.24) is 30.0 Å². The van der Waals surface area contributed by atoms with Crippen molar-refractivity contribution in [2.75, 3.05) is 37.6 Å². The number of rotatable bonds is 4. The maximum absolute atomic E-state index is 12.3. The Hall–Kier alpha value is -3.16. The Labute approximate surface area is 176 Å². The second-order valence-corrected chi connectivity index (χ2v) is 7.78. The number of carbonyl (C=O) groups is 1. The topological polar surface area (TPSA) is 79.2 Å². The third-order valence-corrected chi connectivity index (χ3v) is 5.53. The molecule has 0 spiro atoms. The summed E-state index contributed by atoms with van der Waals surface area (Å²) in [5, 5.41) is 8.75. The first-order valence-corrected chi connectivity index (χ1v) is 10.6. The van der Waals surface area contributed by atoms with Gasteiger partial charge in [-0.05, 0) is 38.8 Å². The minimum absolute atomic E-state index is 0.0177. The van der Waals surface area contributed by atoms with Crippen LogP contribution >= 0.6 is 0 Å². The lowest BCUT2D eigenvalue weighted by Gasteiger charge is -2.35. The Morgan fingerprint density at radius 3 is 2.50 bits per heavy atom. The Balaban J connectivity index is 1.66. The summed E-state index contributed by atoms with van der Waals surface area (Å²) in [6.07, 6.45) is 0.939. The second-order valence-electron chi connectivity index (χ2n) is 7.78. The highest BCUT2D eigenvalue weighted by Gasteiger charge is 2.26. The maximum atomic E-state index is 12.3. The number of nitrogens with one attached hydrogen (secondary N) is 1. The van der Waals surface area contributed by atoms with Crippen LogP contribution in [0.5, 0.6) is 0 Å². The highest BCUT2D eigenvalue weighted by atomic mass is 16.2. The summed E-state index contributed by atoms with van der Waals surface area (Å²) in [6, 6.07) is 8.20. The van der Waals surface area contributed by atoms with Gasteiger partial charge < -0.3 is 15.1 Å². The summed E-state index contributed by atoms with van der Waals surface area (Å²) in [5.41, 5.74) is 3.90. The fraction of sp³-hybridized carbons (Fsp3) is 0.455. The number of anilines is 1. The number of hydrogen-bond donors (Lipinski definition) is 1. The lowest BCUT2D eigenvalue weighted by atomic mass is 10.2. The molecule has 0 saturated carbocycles. The van der Waals surface area contributed by atoms with Gasteiger partial charge in [0.25, 0.3) is 0 Å². The van der Waals surface area contributed by atoms with Crippen LogP contribution < -0.4 is 10.2 Å². The van der Waals surface area contributed by atoms with Crippen LogP contribution in [0.2, 0.25) is 0 Å². The van der Waals surface area contributed by atoms with Crippen LogP contribution in [-0.4, -0.2) is 63.4 Å². The first-order chi connectivity index (χ1) is 14.5. The fourth-order valence-corrected chi connectivity index (χ4v) is 3.93. The molecule has 8 heteroatoms. The van der Waals surface area contributed by atoms with Crippen LogP contribution in [-0.2, 0) is 0 Å². The molecule has 158 valence electrons. The summed E-state index contributed by atoms with van der Waals surface area (Å²) in [4.78, 5) is 25.9. The summed E-state index contributed by atoms with van der Waals surface area (Å²) in [6.45, 7) is 11.6. The molecule has 0 radical (unpaired) electrons. The predicted molar refractivity (Wildman–Crippen MR) is 118 cm³/mol. The highest BCUT2D eigenvalue weighted by molar-refractivity contribution is 5.91. The van der Waals surface area contributed by atoms with Gasteiger partial charge in [-0.3, -0.25) is 0 Å². The molecule has 3 heterocycles. The van der Waals surface area contributed by atoms with Crippen molar-refractivity contribution in [1.29, 1.82) is 0 Å². The average Bonchev–Trinajstić information content (AvgIpc) is 3.08. The maximum Gasteiger partial charge on any atom is 0.317 e. The van der Waals surface area contributed by atoms with E-state index in [1.54, 1.807) is 0 Å². The van der Waals surface area contributed by atoms with Gasteiger partial charge in [0.15, 0.2) is 5.65 Å². The van der Waals surface area contributed by atoms with E-state index in [0.717, 1.165) is 59.1 Å². The summed E-state index contributed by atoms with van der Waals surface area (Å²) < 4.78 is 1.92. The second kappa shape index (κ2) is 8.30. The lowest BCUT2D eigenvalue weighted by molar-refractivity contribution is 0.194. The van der Waals surface area contributed by atoms with E-state index in [1.165, 1.54) is 0 Å². The van der Waals surface area contributed by atoms with Crippen LogP contribution in [0.3, 0.4) is 0 Å². The average molecular weight is 408 g/mol. The van der Waals surface area contributed by atoms with Crippen molar-refractivity contribution in [2.24, 2.45) is 0 Å². The van der Waals surface area contributed by atoms with Crippen LogP contribution in [0.25, 0.3) is 16.7 Å². The number of hydrogen-bond acceptors (Lipinski definition) is 5. The smallest absolute Gasteiger partial charge is 0.317 e. The normalized spacial score (nSPS) is 14.4. The predicted octanol–water partition coefficient (Wildman–Crippen LogP) is 2.98. The quantitative estimate of drug-likeness (QED) is 0.719. The Morgan fingerprint density at radius 1 is 1.07 bits per heavy atom. The Bertz CT molecular complexity index is 1070. The zero-order valence-corrected chi connectivity index (χ0v) is 18.1. The molecule has 1 N–H and O–H groups in total. The highest BCUT2D eigenvalue weighted by Crippen LogP contribution is 2.30. The molecule has 0 atom stereocenters. The Kier molecular flexibility index (Phi) is 5.57. The van der Waals surface area contributed by atoms with E-state index in [1.807, 2.05) is 35.6 Å². The molecule has 0 bridgehead atoms. The van der Waals surface area contributed by atoms with Crippen molar-refractivity contribution >= 4 is 22.9 Å². The number of nitrogens with zero attached hydrogens (tertiary/aromatic N) is 6. The van der Waals surface area contributed by atoms with Crippen molar-refractivity contribution in [3.05, 3.63) is 41.3 Å². The van der Waals surface area contributed by atoms with Crippen LogP contribution in [0.1, 0.15) is 30.4 Å². The number of aromatic nitrogens is 4. The molecule has 1 saturated heterocycles. The molecule has 3 aromatic rings. The fourth-order valence-electron chi connectivity index (χ4n) is 3.93. The molecule has 2 amide bonds. The molecule has 2 aromatic heterocycles. The number of benzene rings is 1. The number of amides is 2. The molecule has 1 fully saturated rings. The largest absolute Gasteiger partial charge is 0.352 e. The van der Waals surface area contributed by atoms with Gasteiger partial charge in [-0.15, -0.1) is 0 Å². The minimum atomic E-state index is 0.0177. The molecule has 1 aromatic carbocycles. The molecule has 1 aliphatic rings. The van der Waals surface area contributed by atoms with E-state index in [9.17, 15) is 4.79 Å². The van der Waals surface area contributed by atoms with Gasteiger partial charge in [-0.2, -0.15) is 5.10 Å².